The van der Waals surface area contributed by atoms with Crippen LogP contribution in [0, 0.1) is 6.92 Å². The van der Waals surface area contributed by atoms with E-state index in [2.05, 4.69) is 35.8 Å². The molecule has 16 heteroatoms. The van der Waals surface area contributed by atoms with Gasteiger partial charge in [-0.05, 0) is 22.9 Å². The Morgan fingerprint density at radius 1 is 1.44 bits per heavy atom. The van der Waals surface area contributed by atoms with E-state index in [4.69, 9.17) is 5.73 Å². The zero-order valence-electron chi connectivity index (χ0n) is 18.0. The molecule has 5 rings (SSSR count). The number of aromatic nitrogens is 7. The van der Waals surface area contributed by atoms with Crippen LogP contribution in [0.15, 0.2) is 22.6 Å². The summed E-state index contributed by atoms with van der Waals surface area (Å²) in [7, 11) is 1.71. The van der Waals surface area contributed by atoms with Gasteiger partial charge in [0.25, 0.3) is 5.91 Å². The molecule has 13 nitrogen and oxygen atoms in total. The standard InChI is InChI=1S/C18H20N10O3S3/c1-7-10(22-16(19)34-7)3-9-4-20-17(21-9)23-11-13(29)28-12(15(30)31)8(5-32-14(11)28)6-33-18-24-25-26-27(18)2/h4,11,14H,3,5-6H2,1-2H3,(H2,19,22)(H,30,31)(H2,20,21,23)/t11?,14-/m0/s1. The normalized spacial score (nSPS) is 19.8. The summed E-state index contributed by atoms with van der Waals surface area (Å²) in [5.41, 5.74) is 8.09. The van der Waals surface area contributed by atoms with Crippen molar-refractivity contribution in [2.75, 3.05) is 22.6 Å². The van der Waals surface area contributed by atoms with E-state index in [9.17, 15) is 14.7 Å². The van der Waals surface area contributed by atoms with Gasteiger partial charge in [0.1, 0.15) is 17.1 Å². The summed E-state index contributed by atoms with van der Waals surface area (Å²) in [4.78, 5) is 39.2. The molecule has 0 bridgehead atoms. The number of carbonyl (C=O) groups excluding carboxylic acids is 1. The highest BCUT2D eigenvalue weighted by Crippen LogP contribution is 2.42. The van der Waals surface area contributed by atoms with Gasteiger partial charge in [0.15, 0.2) is 5.13 Å². The SMILES string of the molecule is Cc1sc(N)nc1Cc1c[nH]c(NC2C(=O)N3C(C(=O)O)=C(CSc4nnnn4C)CS[C@@H]23)n1. The van der Waals surface area contributed by atoms with E-state index in [1.807, 2.05) is 6.92 Å². The number of nitrogens with two attached hydrogens (primary N) is 1. The molecule has 1 amide bonds. The van der Waals surface area contributed by atoms with Gasteiger partial charge < -0.3 is 21.1 Å². The van der Waals surface area contributed by atoms with Crippen LogP contribution < -0.4 is 11.1 Å². The van der Waals surface area contributed by atoms with Gasteiger partial charge in [0.05, 0.1) is 11.4 Å². The number of aromatic amines is 1. The highest BCUT2D eigenvalue weighted by molar-refractivity contribution is 8.01. The van der Waals surface area contributed by atoms with Crippen LogP contribution in [0.3, 0.4) is 0 Å². The third-order valence-corrected chi connectivity index (χ3v) is 8.67. The molecule has 0 saturated carbocycles. The van der Waals surface area contributed by atoms with Gasteiger partial charge in [-0.25, -0.2) is 19.4 Å². The van der Waals surface area contributed by atoms with Gasteiger partial charge in [0.2, 0.25) is 11.1 Å². The van der Waals surface area contributed by atoms with Crippen molar-refractivity contribution in [3.63, 3.8) is 0 Å². The summed E-state index contributed by atoms with van der Waals surface area (Å²) < 4.78 is 1.52. The van der Waals surface area contributed by atoms with E-state index < -0.39 is 12.0 Å². The zero-order valence-corrected chi connectivity index (χ0v) is 20.5. The third kappa shape index (κ3) is 4.12. The molecule has 3 aromatic heterocycles. The zero-order chi connectivity index (χ0) is 24.0. The maximum Gasteiger partial charge on any atom is 0.352 e. The monoisotopic (exact) mass is 520 g/mol. The summed E-state index contributed by atoms with van der Waals surface area (Å²) >= 11 is 4.28. The van der Waals surface area contributed by atoms with Gasteiger partial charge in [-0.2, -0.15) is 0 Å². The third-order valence-electron chi connectivity index (χ3n) is 5.39. The number of aliphatic carboxylic acids is 1. The molecule has 2 aliphatic rings. The van der Waals surface area contributed by atoms with Crippen molar-refractivity contribution >= 4 is 57.8 Å². The lowest BCUT2D eigenvalue weighted by atomic mass is 10.0. The number of nitrogens with zero attached hydrogens (tertiary/aromatic N) is 7. The number of carbonyl (C=O) groups is 2. The molecular formula is C18H20N10O3S3. The predicted octanol–water partition coefficient (Wildman–Crippen LogP) is 0.698. The topological polar surface area (TPSA) is 181 Å². The van der Waals surface area contributed by atoms with Crippen molar-refractivity contribution in [1.29, 1.82) is 0 Å². The number of H-pyrrole nitrogens is 1. The first-order valence-electron chi connectivity index (χ1n) is 10.1. The Bertz CT molecular complexity index is 1300. The number of fused-ring (bicyclic) bond motifs is 1. The molecule has 34 heavy (non-hydrogen) atoms. The Kier molecular flexibility index (Phi) is 5.95. The Hall–Kier alpha value is -3.11. The van der Waals surface area contributed by atoms with Gasteiger partial charge in [-0.15, -0.1) is 28.2 Å². The van der Waals surface area contributed by atoms with Crippen LogP contribution in [0.1, 0.15) is 16.3 Å². The van der Waals surface area contributed by atoms with Crippen LogP contribution in [0.4, 0.5) is 11.1 Å². The number of thiazole rings is 1. The number of β-lactam (4-membered cyclic amide) rings is 1. The number of nitrogens with one attached hydrogen (secondary N) is 2. The number of carboxylic acids is 1. The van der Waals surface area contributed by atoms with E-state index in [0.717, 1.165) is 16.3 Å². The van der Waals surface area contributed by atoms with Crippen molar-refractivity contribution in [2.45, 2.75) is 29.9 Å². The molecule has 178 valence electrons. The molecular weight excluding hydrogens is 500 g/mol. The molecule has 2 aliphatic heterocycles. The van der Waals surface area contributed by atoms with Crippen LogP contribution in [-0.4, -0.2) is 80.0 Å². The molecule has 2 atom stereocenters. The Morgan fingerprint density at radius 3 is 2.94 bits per heavy atom. The van der Waals surface area contributed by atoms with Crippen LogP contribution in [0.5, 0.6) is 0 Å². The molecule has 5 N–H and O–H groups in total. The lowest BCUT2D eigenvalue weighted by molar-refractivity contribution is -0.147. The molecule has 5 heterocycles. The number of aryl methyl sites for hydroxylation is 2. The van der Waals surface area contributed by atoms with E-state index in [0.29, 0.717) is 39.7 Å². The number of anilines is 2. The van der Waals surface area contributed by atoms with Crippen molar-refractivity contribution in [3.8, 4) is 0 Å². The molecule has 0 aliphatic carbocycles. The predicted molar refractivity (Wildman–Crippen MR) is 127 cm³/mol. The Morgan fingerprint density at radius 2 is 2.26 bits per heavy atom. The first-order valence-corrected chi connectivity index (χ1v) is 12.9. The fourth-order valence-corrected chi connectivity index (χ4v) is 6.79. The lowest BCUT2D eigenvalue weighted by Crippen LogP contribution is -2.67. The van der Waals surface area contributed by atoms with Gasteiger partial charge >= 0.3 is 5.97 Å². The lowest BCUT2D eigenvalue weighted by Gasteiger charge is -2.49. The first-order chi connectivity index (χ1) is 16.3. The van der Waals surface area contributed by atoms with Crippen LogP contribution >= 0.6 is 34.9 Å². The highest BCUT2D eigenvalue weighted by Gasteiger charge is 2.53. The smallest absolute Gasteiger partial charge is 0.352 e. The number of hydrogen-bond donors (Lipinski definition) is 4. The first kappa shape index (κ1) is 22.7. The fourth-order valence-electron chi connectivity index (χ4n) is 3.75. The largest absolute Gasteiger partial charge is 0.477 e. The summed E-state index contributed by atoms with van der Waals surface area (Å²) in [6.45, 7) is 1.96. The van der Waals surface area contributed by atoms with Crippen LogP contribution in [-0.2, 0) is 23.1 Å². The summed E-state index contributed by atoms with van der Waals surface area (Å²) in [6, 6.07) is -0.577. The number of rotatable bonds is 8. The fraction of sp³-hybridized carbons (Fsp3) is 0.389. The summed E-state index contributed by atoms with van der Waals surface area (Å²) in [5, 5.41) is 25.0. The van der Waals surface area contributed by atoms with E-state index in [1.165, 1.54) is 44.4 Å². The molecule has 0 spiro atoms. The second-order valence-electron chi connectivity index (χ2n) is 7.64. The number of imidazole rings is 1. The highest BCUT2D eigenvalue weighted by atomic mass is 32.2. The minimum atomic E-state index is -1.12. The minimum absolute atomic E-state index is 0.0335. The number of carboxylic acid groups (broad SMARTS) is 1. The Labute approximate surface area is 205 Å². The van der Waals surface area contributed by atoms with Crippen LogP contribution in [0.2, 0.25) is 0 Å². The van der Waals surface area contributed by atoms with E-state index in [-0.39, 0.29) is 17.0 Å². The maximum absolute atomic E-state index is 12.9. The average Bonchev–Trinajstić information content (AvgIpc) is 3.50. The summed E-state index contributed by atoms with van der Waals surface area (Å²) in [5.74, 6) is -0.119. The van der Waals surface area contributed by atoms with Crippen molar-refractivity contribution in [1.82, 2.24) is 40.1 Å². The van der Waals surface area contributed by atoms with Crippen molar-refractivity contribution in [2.24, 2.45) is 7.05 Å². The molecule has 1 unspecified atom stereocenters. The second-order valence-corrected chi connectivity index (χ2v) is 10.9. The maximum atomic E-state index is 12.9. The number of amides is 1. The van der Waals surface area contributed by atoms with Gasteiger partial charge in [0, 0.05) is 36.0 Å². The Balaban J connectivity index is 1.27. The molecule has 1 saturated heterocycles. The second kappa shape index (κ2) is 8.92. The number of thioether (sulfide) groups is 2. The molecule has 3 aromatic rings. The summed E-state index contributed by atoms with van der Waals surface area (Å²) in [6.07, 6.45) is 2.28. The number of hydrogen-bond acceptors (Lipinski definition) is 12. The minimum Gasteiger partial charge on any atom is -0.477 e. The quantitative estimate of drug-likeness (QED) is 0.241. The molecule has 0 radical (unpaired) electrons. The van der Waals surface area contributed by atoms with Crippen LogP contribution in [0.25, 0.3) is 0 Å². The van der Waals surface area contributed by atoms with Crippen molar-refractivity contribution < 1.29 is 14.7 Å². The molecule has 1 fully saturated rings. The average molecular weight is 521 g/mol. The van der Waals surface area contributed by atoms with Gasteiger partial charge in [-0.1, -0.05) is 11.8 Å². The van der Waals surface area contributed by atoms with E-state index >= 15 is 0 Å². The van der Waals surface area contributed by atoms with E-state index in [1.54, 1.807) is 13.2 Å². The number of tetrazole rings is 1. The van der Waals surface area contributed by atoms with Gasteiger partial charge in [-0.3, -0.25) is 9.69 Å². The number of nitrogen functional groups attached to an aromatic ring is 1. The van der Waals surface area contributed by atoms with Crippen molar-refractivity contribution in [3.05, 3.63) is 33.7 Å². The molecule has 0 aromatic carbocycles.